The van der Waals surface area contributed by atoms with Crippen LogP contribution in [0, 0.1) is 6.92 Å². The highest BCUT2D eigenvalue weighted by atomic mass is 32.1. The summed E-state index contributed by atoms with van der Waals surface area (Å²) in [6.45, 7) is 1.80. The van der Waals surface area contributed by atoms with Gasteiger partial charge < -0.3 is 10.1 Å². The molecule has 1 aromatic carbocycles. The summed E-state index contributed by atoms with van der Waals surface area (Å²) in [5, 5.41) is 8.93. The van der Waals surface area contributed by atoms with Crippen LogP contribution in [0.1, 0.15) is 15.9 Å². The molecule has 104 valence electrons. The number of aromatic nitrogens is 2. The number of thiol groups is 2. The molecule has 1 heterocycles. The third-order valence-corrected chi connectivity index (χ3v) is 3.98. The first-order valence-electron chi connectivity index (χ1n) is 5.44. The second-order valence-electron chi connectivity index (χ2n) is 4.05. The second kappa shape index (κ2) is 5.22. The fraction of sp³-hybridized carbons (Fsp3) is 0.0833. The van der Waals surface area contributed by atoms with E-state index in [1.165, 1.54) is 6.07 Å². The highest BCUT2D eigenvalue weighted by molar-refractivity contribution is 7.83. The van der Waals surface area contributed by atoms with E-state index in [2.05, 4.69) is 30.2 Å². The topological polar surface area (TPSA) is 92.2 Å². The first-order chi connectivity index (χ1) is 9.34. The first kappa shape index (κ1) is 14.5. The molecule has 0 spiro atoms. The normalized spacial score (nSPS) is 10.6. The van der Waals surface area contributed by atoms with Crippen LogP contribution in [0.25, 0.3) is 5.69 Å². The lowest BCUT2D eigenvalue weighted by Gasteiger charge is -2.11. The van der Waals surface area contributed by atoms with Crippen LogP contribution < -0.4 is 11.2 Å². The van der Waals surface area contributed by atoms with Crippen molar-refractivity contribution in [1.82, 2.24) is 9.55 Å². The van der Waals surface area contributed by atoms with Crippen molar-refractivity contribution < 1.29 is 9.90 Å². The molecule has 0 aliphatic rings. The molecule has 2 N–H and O–H groups in total. The van der Waals surface area contributed by atoms with Gasteiger partial charge >= 0.3 is 11.7 Å². The van der Waals surface area contributed by atoms with Crippen LogP contribution >= 0.6 is 25.3 Å². The Balaban J connectivity index is 2.87. The summed E-state index contributed by atoms with van der Waals surface area (Å²) in [7, 11) is 0. The number of rotatable bonds is 2. The molecule has 0 radical (unpaired) electrons. The average Bonchev–Trinajstić information content (AvgIpc) is 2.38. The van der Waals surface area contributed by atoms with Crippen molar-refractivity contribution in [3.63, 3.8) is 0 Å². The first-order valence-corrected chi connectivity index (χ1v) is 6.34. The van der Waals surface area contributed by atoms with Crippen molar-refractivity contribution in [3.05, 3.63) is 50.3 Å². The van der Waals surface area contributed by atoms with Crippen LogP contribution in [-0.2, 0) is 0 Å². The Morgan fingerprint density at radius 3 is 2.50 bits per heavy atom. The number of nitrogens with zero attached hydrogens (tertiary/aromatic N) is 1. The standard InChI is InChI=1S/C12H10N2O4S2/c1-5-2-3-7(9(20)8(5)19)14-10(15)6(11(16)17)4-13-12(14)18/h2-4,19-20H,1H3,(H,13,18)(H,16,17). The lowest BCUT2D eigenvalue weighted by Crippen LogP contribution is -2.37. The molecular weight excluding hydrogens is 300 g/mol. The number of aromatic carboxylic acids is 1. The molecule has 6 nitrogen and oxygen atoms in total. The third kappa shape index (κ3) is 2.27. The monoisotopic (exact) mass is 310 g/mol. The Labute approximate surface area is 123 Å². The van der Waals surface area contributed by atoms with Crippen LogP contribution in [0.2, 0.25) is 0 Å². The summed E-state index contributed by atoms with van der Waals surface area (Å²) in [4.78, 5) is 37.9. The third-order valence-electron chi connectivity index (χ3n) is 2.78. The second-order valence-corrected chi connectivity index (χ2v) is 4.95. The maximum Gasteiger partial charge on any atom is 0.342 e. The molecule has 2 aromatic rings. The Morgan fingerprint density at radius 1 is 1.25 bits per heavy atom. The van der Waals surface area contributed by atoms with E-state index >= 15 is 0 Å². The molecule has 1 aromatic heterocycles. The summed E-state index contributed by atoms with van der Waals surface area (Å²) in [5.74, 6) is -1.42. The van der Waals surface area contributed by atoms with Crippen LogP contribution in [-0.4, -0.2) is 20.6 Å². The molecule has 0 atom stereocenters. The highest BCUT2D eigenvalue weighted by Gasteiger charge is 2.17. The van der Waals surface area contributed by atoms with E-state index in [1.807, 2.05) is 0 Å². The van der Waals surface area contributed by atoms with E-state index in [4.69, 9.17) is 5.11 Å². The minimum Gasteiger partial charge on any atom is -0.477 e. The van der Waals surface area contributed by atoms with Crippen LogP contribution in [0.15, 0.2) is 37.7 Å². The largest absolute Gasteiger partial charge is 0.477 e. The summed E-state index contributed by atoms with van der Waals surface area (Å²) < 4.78 is 0.727. The summed E-state index contributed by atoms with van der Waals surface area (Å²) >= 11 is 8.48. The number of hydrogen-bond acceptors (Lipinski definition) is 5. The van der Waals surface area contributed by atoms with E-state index in [-0.39, 0.29) is 5.69 Å². The van der Waals surface area contributed by atoms with E-state index in [0.717, 1.165) is 16.3 Å². The maximum absolute atomic E-state index is 12.1. The van der Waals surface area contributed by atoms with Gasteiger partial charge in [-0.15, -0.1) is 25.3 Å². The zero-order valence-corrected chi connectivity index (χ0v) is 12.0. The minimum atomic E-state index is -1.42. The number of aromatic amines is 1. The minimum absolute atomic E-state index is 0.179. The zero-order valence-electron chi connectivity index (χ0n) is 10.2. The van der Waals surface area contributed by atoms with Gasteiger partial charge in [0.05, 0.1) is 5.69 Å². The van der Waals surface area contributed by atoms with Crippen molar-refractivity contribution in [2.75, 3.05) is 0 Å². The van der Waals surface area contributed by atoms with Crippen molar-refractivity contribution in [2.24, 2.45) is 0 Å². The van der Waals surface area contributed by atoms with Crippen LogP contribution in [0.5, 0.6) is 0 Å². The van der Waals surface area contributed by atoms with E-state index < -0.39 is 22.8 Å². The molecule has 0 bridgehead atoms. The fourth-order valence-electron chi connectivity index (χ4n) is 1.70. The maximum atomic E-state index is 12.1. The van der Waals surface area contributed by atoms with Crippen molar-refractivity contribution in [3.8, 4) is 5.69 Å². The number of carbonyl (C=O) groups is 1. The molecule has 0 unspecified atom stereocenters. The molecule has 0 fully saturated rings. The number of nitrogens with one attached hydrogen (secondary N) is 1. The van der Waals surface area contributed by atoms with Gasteiger partial charge in [0.2, 0.25) is 0 Å². The smallest absolute Gasteiger partial charge is 0.342 e. The Bertz CT molecular complexity index is 823. The Hall–Kier alpha value is -1.93. The number of hydrogen-bond donors (Lipinski definition) is 4. The number of carboxylic acid groups (broad SMARTS) is 1. The quantitative estimate of drug-likeness (QED) is 0.625. The van der Waals surface area contributed by atoms with Crippen molar-refractivity contribution in [2.45, 2.75) is 16.7 Å². The Kier molecular flexibility index (Phi) is 3.78. The van der Waals surface area contributed by atoms with Crippen LogP contribution in [0.4, 0.5) is 0 Å². The van der Waals surface area contributed by atoms with E-state index in [9.17, 15) is 14.4 Å². The lowest BCUT2D eigenvalue weighted by molar-refractivity contribution is 0.0694. The summed E-state index contributed by atoms with van der Waals surface area (Å²) in [6, 6.07) is 3.18. The SMILES string of the molecule is Cc1ccc(-n2c(=O)[nH]cc(C(=O)O)c2=O)c(S)c1S. The van der Waals surface area contributed by atoms with Gasteiger partial charge in [0.1, 0.15) is 5.56 Å². The van der Waals surface area contributed by atoms with Gasteiger partial charge in [-0.05, 0) is 18.6 Å². The highest BCUT2D eigenvalue weighted by Crippen LogP contribution is 2.27. The molecule has 0 aliphatic carbocycles. The number of benzene rings is 1. The number of H-pyrrole nitrogens is 1. The van der Waals surface area contributed by atoms with E-state index in [1.54, 1.807) is 13.0 Å². The van der Waals surface area contributed by atoms with Gasteiger partial charge in [-0.1, -0.05) is 6.07 Å². The average molecular weight is 310 g/mol. The predicted octanol–water partition coefficient (Wildman–Crippen LogP) is 1.11. The fourth-order valence-corrected chi connectivity index (χ4v) is 2.24. The molecule has 0 aliphatic heterocycles. The van der Waals surface area contributed by atoms with Crippen LogP contribution in [0.3, 0.4) is 0 Å². The van der Waals surface area contributed by atoms with Gasteiger partial charge in [-0.25, -0.2) is 14.2 Å². The molecule has 0 saturated carbocycles. The van der Waals surface area contributed by atoms with Crippen molar-refractivity contribution in [1.29, 1.82) is 0 Å². The Morgan fingerprint density at radius 2 is 1.90 bits per heavy atom. The molecule has 0 saturated heterocycles. The van der Waals surface area contributed by atoms with Gasteiger partial charge in [0.25, 0.3) is 5.56 Å². The zero-order chi connectivity index (χ0) is 15.0. The van der Waals surface area contributed by atoms with Crippen molar-refractivity contribution >= 4 is 31.2 Å². The summed E-state index contributed by atoms with van der Waals surface area (Å²) in [6.07, 6.45) is 0.873. The molecule has 20 heavy (non-hydrogen) atoms. The number of aryl methyl sites for hydroxylation is 1. The predicted molar refractivity (Wildman–Crippen MR) is 78.9 cm³/mol. The van der Waals surface area contributed by atoms with Gasteiger partial charge in [-0.2, -0.15) is 0 Å². The molecule has 0 amide bonds. The summed E-state index contributed by atoms with van der Waals surface area (Å²) in [5.41, 5.74) is -1.20. The van der Waals surface area contributed by atoms with Gasteiger partial charge in [0, 0.05) is 16.0 Å². The molecular formula is C12H10N2O4S2. The number of carboxylic acids is 1. The van der Waals surface area contributed by atoms with E-state index in [0.29, 0.717) is 9.79 Å². The lowest BCUT2D eigenvalue weighted by atomic mass is 10.2. The van der Waals surface area contributed by atoms with Gasteiger partial charge in [0.15, 0.2) is 0 Å². The molecule has 8 heteroatoms. The van der Waals surface area contributed by atoms with Gasteiger partial charge in [-0.3, -0.25) is 4.79 Å². The molecule has 2 rings (SSSR count).